The number of methoxy groups -OCH3 is 1. The number of nitrogen functional groups attached to an aromatic ring is 1. The van der Waals surface area contributed by atoms with Gasteiger partial charge in [0.15, 0.2) is 11.6 Å². The van der Waals surface area contributed by atoms with Crippen molar-refractivity contribution >= 4 is 11.3 Å². The van der Waals surface area contributed by atoms with E-state index < -0.39 is 12.1 Å². The third-order valence-corrected chi connectivity index (χ3v) is 2.74. The highest BCUT2D eigenvalue weighted by Gasteiger charge is 2.39. The van der Waals surface area contributed by atoms with Crippen LogP contribution < -0.4 is 10.5 Å². The number of hydrogen-bond acceptors (Lipinski definition) is 4. The van der Waals surface area contributed by atoms with E-state index in [1.54, 1.807) is 0 Å². The zero-order valence-electron chi connectivity index (χ0n) is 9.69. The summed E-state index contributed by atoms with van der Waals surface area (Å²) in [4.78, 5) is 3.78. The summed E-state index contributed by atoms with van der Waals surface area (Å²) in [5.74, 6) is -1.53. The van der Waals surface area contributed by atoms with Crippen LogP contribution in [-0.4, -0.2) is 27.9 Å². The van der Waals surface area contributed by atoms with Crippen molar-refractivity contribution in [1.82, 2.24) is 14.6 Å². The second-order valence-electron chi connectivity index (χ2n) is 3.82. The highest BCUT2D eigenvalue weighted by Crippen LogP contribution is 2.39. The Labute approximate surface area is 100 Å². The topological polar surface area (TPSA) is 65.4 Å². The highest BCUT2D eigenvalue weighted by atomic mass is 19.4. The van der Waals surface area contributed by atoms with Crippen molar-refractivity contribution in [2.24, 2.45) is 0 Å². The average molecular weight is 260 g/mol. The molecule has 0 aliphatic carbocycles. The Bertz CT molecular complexity index is 578. The molecular weight excluding hydrogens is 249 g/mol. The molecule has 0 bridgehead atoms. The highest BCUT2D eigenvalue weighted by molar-refractivity contribution is 5.72. The lowest BCUT2D eigenvalue weighted by Crippen LogP contribution is -2.17. The smallest absolute Gasteiger partial charge is 0.395 e. The third kappa shape index (κ3) is 1.83. The summed E-state index contributed by atoms with van der Waals surface area (Å²) in [6.45, 7) is 1.06. The van der Waals surface area contributed by atoms with Gasteiger partial charge in [0.25, 0.3) is 0 Å². The van der Waals surface area contributed by atoms with E-state index in [-0.39, 0.29) is 22.6 Å². The van der Waals surface area contributed by atoms with Gasteiger partial charge in [-0.2, -0.15) is 18.3 Å². The van der Waals surface area contributed by atoms with Gasteiger partial charge >= 0.3 is 6.18 Å². The van der Waals surface area contributed by atoms with Gasteiger partial charge in [0.1, 0.15) is 11.8 Å². The number of rotatable bonds is 2. The maximum atomic E-state index is 12.8. The molecule has 0 saturated heterocycles. The van der Waals surface area contributed by atoms with Crippen LogP contribution in [0.3, 0.4) is 0 Å². The Morgan fingerprint density at radius 1 is 1.44 bits per heavy atom. The number of nitrogens with zero attached hydrogens (tertiary/aromatic N) is 3. The molecule has 0 saturated carbocycles. The van der Waals surface area contributed by atoms with Gasteiger partial charge in [0.05, 0.1) is 19.2 Å². The molecule has 2 aromatic rings. The first-order chi connectivity index (χ1) is 8.36. The monoisotopic (exact) mass is 260 g/mol. The molecule has 0 spiro atoms. The van der Waals surface area contributed by atoms with Crippen LogP contribution in [0.1, 0.15) is 18.4 Å². The maximum Gasteiger partial charge on any atom is 0.395 e. The number of aromatic nitrogens is 3. The summed E-state index contributed by atoms with van der Waals surface area (Å²) in [6, 6.07) is 0. The molecule has 98 valence electrons. The molecule has 2 heterocycles. The number of halogens is 3. The number of fused-ring (bicyclic) bond motifs is 1. The van der Waals surface area contributed by atoms with Crippen LogP contribution in [0.25, 0.3) is 5.52 Å². The molecule has 0 radical (unpaired) electrons. The molecule has 8 heteroatoms. The summed E-state index contributed by atoms with van der Waals surface area (Å²) in [7, 11) is 1.32. The van der Waals surface area contributed by atoms with Gasteiger partial charge in [-0.1, -0.05) is 0 Å². The molecule has 0 aromatic carbocycles. The summed E-state index contributed by atoms with van der Waals surface area (Å²) < 4.78 is 44.5. The SMILES string of the molecule is COc1c(N)ncn2ncc(C(C)C(F)(F)F)c12. The van der Waals surface area contributed by atoms with Gasteiger partial charge in [0, 0.05) is 5.56 Å². The van der Waals surface area contributed by atoms with Crippen LogP contribution in [0.5, 0.6) is 5.75 Å². The molecule has 0 fully saturated rings. The van der Waals surface area contributed by atoms with E-state index >= 15 is 0 Å². The van der Waals surface area contributed by atoms with Crippen molar-refractivity contribution < 1.29 is 17.9 Å². The summed E-state index contributed by atoms with van der Waals surface area (Å²) in [6.07, 6.45) is -1.95. The average Bonchev–Trinajstić information content (AvgIpc) is 2.70. The molecule has 2 N–H and O–H groups in total. The van der Waals surface area contributed by atoms with E-state index in [0.29, 0.717) is 0 Å². The van der Waals surface area contributed by atoms with Gasteiger partial charge < -0.3 is 10.5 Å². The zero-order valence-corrected chi connectivity index (χ0v) is 9.69. The van der Waals surface area contributed by atoms with Crippen molar-refractivity contribution in [3.8, 4) is 5.75 Å². The maximum absolute atomic E-state index is 12.8. The number of anilines is 1. The second-order valence-corrected chi connectivity index (χ2v) is 3.82. The van der Waals surface area contributed by atoms with Crippen LogP contribution in [0.15, 0.2) is 12.5 Å². The van der Waals surface area contributed by atoms with E-state index in [2.05, 4.69) is 10.1 Å². The van der Waals surface area contributed by atoms with Crippen molar-refractivity contribution in [2.45, 2.75) is 19.0 Å². The van der Waals surface area contributed by atoms with Gasteiger partial charge in [-0.3, -0.25) is 0 Å². The van der Waals surface area contributed by atoms with E-state index in [9.17, 15) is 13.2 Å². The summed E-state index contributed by atoms with van der Waals surface area (Å²) in [5.41, 5.74) is 5.77. The summed E-state index contributed by atoms with van der Waals surface area (Å²) >= 11 is 0. The first-order valence-electron chi connectivity index (χ1n) is 5.08. The van der Waals surface area contributed by atoms with E-state index in [0.717, 1.165) is 13.1 Å². The van der Waals surface area contributed by atoms with Crippen LogP contribution in [0.2, 0.25) is 0 Å². The van der Waals surface area contributed by atoms with Gasteiger partial charge in [-0.05, 0) is 6.92 Å². The van der Waals surface area contributed by atoms with Crippen molar-refractivity contribution in [3.63, 3.8) is 0 Å². The Hall–Kier alpha value is -1.99. The standard InChI is InChI=1S/C10H11F3N4O/c1-5(10(11,12)13)6-3-16-17-4-15-9(14)8(18-2)7(6)17/h3-5H,14H2,1-2H3. The fourth-order valence-electron chi connectivity index (χ4n) is 1.69. The lowest BCUT2D eigenvalue weighted by Gasteiger charge is -2.15. The summed E-state index contributed by atoms with van der Waals surface area (Å²) in [5, 5.41) is 3.82. The van der Waals surface area contributed by atoms with Crippen LogP contribution in [-0.2, 0) is 0 Å². The second kappa shape index (κ2) is 4.04. The fourth-order valence-corrected chi connectivity index (χ4v) is 1.69. The van der Waals surface area contributed by atoms with E-state index in [1.807, 2.05) is 0 Å². The molecule has 0 aliphatic rings. The Balaban J connectivity index is 2.70. The molecule has 2 rings (SSSR count). The predicted molar refractivity (Wildman–Crippen MR) is 58.4 cm³/mol. The van der Waals surface area contributed by atoms with Gasteiger partial charge in [-0.25, -0.2) is 9.50 Å². The Kier molecular flexibility index (Phi) is 2.80. The molecular formula is C10H11F3N4O. The normalized spacial score (nSPS) is 13.8. The van der Waals surface area contributed by atoms with Crippen molar-refractivity contribution in [1.29, 1.82) is 0 Å². The minimum atomic E-state index is -4.35. The van der Waals surface area contributed by atoms with Crippen molar-refractivity contribution in [2.75, 3.05) is 12.8 Å². The molecule has 18 heavy (non-hydrogen) atoms. The van der Waals surface area contributed by atoms with Crippen molar-refractivity contribution in [3.05, 3.63) is 18.1 Å². The predicted octanol–water partition coefficient (Wildman–Crippen LogP) is 1.99. The third-order valence-electron chi connectivity index (χ3n) is 2.74. The van der Waals surface area contributed by atoms with Gasteiger partial charge in [-0.15, -0.1) is 0 Å². The van der Waals surface area contributed by atoms with E-state index in [1.165, 1.54) is 18.0 Å². The number of nitrogens with two attached hydrogens (primary N) is 1. The molecule has 2 aromatic heterocycles. The lowest BCUT2D eigenvalue weighted by molar-refractivity contribution is -0.146. The molecule has 5 nitrogen and oxygen atoms in total. The zero-order chi connectivity index (χ0) is 13.5. The van der Waals surface area contributed by atoms with Crippen LogP contribution >= 0.6 is 0 Å². The molecule has 0 amide bonds. The molecule has 1 atom stereocenters. The van der Waals surface area contributed by atoms with Crippen LogP contribution in [0, 0.1) is 0 Å². The molecule has 1 unspecified atom stereocenters. The fraction of sp³-hybridized carbons (Fsp3) is 0.400. The van der Waals surface area contributed by atoms with E-state index in [4.69, 9.17) is 10.5 Å². The minimum Gasteiger partial charge on any atom is -0.491 e. The largest absolute Gasteiger partial charge is 0.491 e. The first kappa shape index (κ1) is 12.5. The quantitative estimate of drug-likeness (QED) is 0.896. The Morgan fingerprint density at radius 3 is 2.67 bits per heavy atom. The van der Waals surface area contributed by atoms with Gasteiger partial charge in [0.2, 0.25) is 0 Å². The molecule has 0 aliphatic heterocycles. The van der Waals surface area contributed by atoms with Crippen LogP contribution in [0.4, 0.5) is 19.0 Å². The number of hydrogen-bond donors (Lipinski definition) is 1. The number of alkyl halides is 3. The Morgan fingerprint density at radius 2 is 2.11 bits per heavy atom. The first-order valence-corrected chi connectivity index (χ1v) is 5.08. The minimum absolute atomic E-state index is 0.00782. The lowest BCUT2D eigenvalue weighted by atomic mass is 10.0. The number of ether oxygens (including phenoxy) is 1.